The maximum atomic E-state index is 12.5. The number of fused-ring (bicyclic) bond motifs is 1. The number of carbonyl (C=O) groups excluding carboxylic acids is 4. The molecule has 0 bridgehead atoms. The number of allylic oxidation sites excluding steroid dienone is 2. The topological polar surface area (TPSA) is 92.8 Å². The fourth-order valence-corrected chi connectivity index (χ4v) is 3.40. The maximum Gasteiger partial charge on any atom is 0.329 e. The Balaban J connectivity index is 1.61. The van der Waals surface area contributed by atoms with Crippen LogP contribution in [0.3, 0.4) is 0 Å². The highest BCUT2D eigenvalue weighted by atomic mass is 16.5. The molecule has 4 atom stereocenters. The van der Waals surface area contributed by atoms with Gasteiger partial charge in [-0.3, -0.25) is 19.3 Å². The van der Waals surface area contributed by atoms with E-state index < -0.39 is 35.9 Å². The molecule has 1 aromatic rings. The monoisotopic (exact) mass is 370 g/mol. The number of nitrogens with one attached hydrogen (secondary N) is 1. The zero-order valence-corrected chi connectivity index (χ0v) is 15.3. The van der Waals surface area contributed by atoms with E-state index in [1.807, 2.05) is 18.2 Å². The lowest BCUT2D eigenvalue weighted by Crippen LogP contribution is -2.46. The molecule has 1 aliphatic heterocycles. The van der Waals surface area contributed by atoms with E-state index in [1.165, 1.54) is 13.8 Å². The SMILES string of the molecule is C[C@@H](OC(=O)[C@H](C)N1C(=O)[C@H]2CC=CC[C@H]2C1=O)C(=O)Nc1ccccc1. The first-order chi connectivity index (χ1) is 12.9. The van der Waals surface area contributed by atoms with Crippen molar-refractivity contribution in [1.82, 2.24) is 4.90 Å². The average Bonchev–Trinajstić information content (AvgIpc) is 2.93. The molecular weight excluding hydrogens is 348 g/mol. The lowest BCUT2D eigenvalue weighted by atomic mass is 9.85. The summed E-state index contributed by atoms with van der Waals surface area (Å²) in [7, 11) is 0. The van der Waals surface area contributed by atoms with E-state index in [9.17, 15) is 19.2 Å². The number of hydrogen-bond donors (Lipinski definition) is 1. The molecule has 1 heterocycles. The second-order valence-electron chi connectivity index (χ2n) is 6.81. The highest BCUT2D eigenvalue weighted by Crippen LogP contribution is 2.36. The van der Waals surface area contributed by atoms with Crippen molar-refractivity contribution in [3.63, 3.8) is 0 Å². The summed E-state index contributed by atoms with van der Waals surface area (Å²) in [5.41, 5.74) is 0.583. The summed E-state index contributed by atoms with van der Waals surface area (Å²) in [6, 6.07) is 7.72. The molecule has 0 saturated carbocycles. The highest BCUT2D eigenvalue weighted by Gasteiger charge is 2.50. The van der Waals surface area contributed by atoms with Crippen LogP contribution in [0.4, 0.5) is 5.69 Å². The summed E-state index contributed by atoms with van der Waals surface area (Å²) < 4.78 is 5.20. The largest absolute Gasteiger partial charge is 0.451 e. The first-order valence-corrected chi connectivity index (χ1v) is 8.98. The summed E-state index contributed by atoms with van der Waals surface area (Å²) in [6.45, 7) is 2.89. The van der Waals surface area contributed by atoms with Crippen molar-refractivity contribution < 1.29 is 23.9 Å². The molecule has 0 aromatic heterocycles. The molecule has 3 rings (SSSR count). The third-order valence-electron chi connectivity index (χ3n) is 4.97. The van der Waals surface area contributed by atoms with Crippen molar-refractivity contribution in [2.45, 2.75) is 38.8 Å². The van der Waals surface area contributed by atoms with Gasteiger partial charge in [0, 0.05) is 5.69 Å². The Bertz CT molecular complexity index is 763. The van der Waals surface area contributed by atoms with E-state index in [0.717, 1.165) is 4.90 Å². The minimum atomic E-state index is -1.07. The van der Waals surface area contributed by atoms with Gasteiger partial charge in [-0.15, -0.1) is 0 Å². The number of carbonyl (C=O) groups is 4. The molecule has 0 unspecified atom stereocenters. The zero-order valence-electron chi connectivity index (χ0n) is 15.3. The van der Waals surface area contributed by atoms with Crippen molar-refractivity contribution in [3.8, 4) is 0 Å². The number of amides is 3. The summed E-state index contributed by atoms with van der Waals surface area (Å²) >= 11 is 0. The molecule has 1 fully saturated rings. The number of nitrogens with zero attached hydrogens (tertiary/aromatic N) is 1. The average molecular weight is 370 g/mol. The van der Waals surface area contributed by atoms with Gasteiger partial charge in [0.25, 0.3) is 5.91 Å². The minimum absolute atomic E-state index is 0.347. The lowest BCUT2D eigenvalue weighted by molar-refractivity contribution is -0.163. The molecule has 1 N–H and O–H groups in total. The number of imide groups is 1. The number of para-hydroxylation sites is 1. The van der Waals surface area contributed by atoms with Crippen LogP contribution in [0.25, 0.3) is 0 Å². The van der Waals surface area contributed by atoms with Gasteiger partial charge in [-0.2, -0.15) is 0 Å². The third-order valence-corrected chi connectivity index (χ3v) is 4.97. The van der Waals surface area contributed by atoms with Crippen LogP contribution in [0.15, 0.2) is 42.5 Å². The van der Waals surface area contributed by atoms with Crippen LogP contribution in [0.1, 0.15) is 26.7 Å². The molecule has 1 aromatic carbocycles. The minimum Gasteiger partial charge on any atom is -0.451 e. The molecule has 7 nitrogen and oxygen atoms in total. The second-order valence-corrected chi connectivity index (χ2v) is 6.81. The van der Waals surface area contributed by atoms with Crippen LogP contribution in [-0.4, -0.2) is 40.7 Å². The number of anilines is 1. The van der Waals surface area contributed by atoms with Crippen LogP contribution < -0.4 is 5.32 Å². The molecule has 7 heteroatoms. The smallest absolute Gasteiger partial charge is 0.329 e. The molecule has 3 amide bonds. The third kappa shape index (κ3) is 3.77. The first kappa shape index (κ1) is 18.8. The Morgan fingerprint density at radius 2 is 1.59 bits per heavy atom. The Morgan fingerprint density at radius 1 is 1.04 bits per heavy atom. The van der Waals surface area contributed by atoms with Gasteiger partial charge in [-0.05, 0) is 38.8 Å². The molecule has 142 valence electrons. The van der Waals surface area contributed by atoms with Gasteiger partial charge in [-0.1, -0.05) is 30.4 Å². The molecule has 1 aliphatic carbocycles. The highest BCUT2D eigenvalue weighted by molar-refractivity contribution is 6.08. The quantitative estimate of drug-likeness (QED) is 0.485. The number of benzene rings is 1. The Kier molecular flexibility index (Phi) is 5.39. The Labute approximate surface area is 157 Å². The number of likely N-dealkylation sites (tertiary alicyclic amines) is 1. The molecule has 0 spiro atoms. The molecule has 27 heavy (non-hydrogen) atoms. The van der Waals surface area contributed by atoms with E-state index in [0.29, 0.717) is 18.5 Å². The summed E-state index contributed by atoms with van der Waals surface area (Å²) in [5, 5.41) is 2.64. The van der Waals surface area contributed by atoms with Crippen LogP contribution in [0, 0.1) is 11.8 Å². The molecule has 1 saturated heterocycles. The molecular formula is C20H22N2O5. The van der Waals surface area contributed by atoms with Crippen molar-refractivity contribution in [3.05, 3.63) is 42.5 Å². The van der Waals surface area contributed by atoms with Gasteiger partial charge in [0.15, 0.2) is 6.10 Å². The van der Waals surface area contributed by atoms with E-state index >= 15 is 0 Å². The number of hydrogen-bond acceptors (Lipinski definition) is 5. The second kappa shape index (κ2) is 7.73. The van der Waals surface area contributed by atoms with E-state index in [4.69, 9.17) is 4.74 Å². The van der Waals surface area contributed by atoms with Gasteiger partial charge in [-0.25, -0.2) is 4.79 Å². The number of ether oxygens (including phenoxy) is 1. The van der Waals surface area contributed by atoms with E-state index in [-0.39, 0.29) is 11.8 Å². The van der Waals surface area contributed by atoms with Crippen molar-refractivity contribution >= 4 is 29.4 Å². The molecule has 0 radical (unpaired) electrons. The van der Waals surface area contributed by atoms with Crippen LogP contribution in [0.5, 0.6) is 0 Å². The van der Waals surface area contributed by atoms with Gasteiger partial charge in [0.2, 0.25) is 11.8 Å². The van der Waals surface area contributed by atoms with E-state index in [2.05, 4.69) is 5.32 Å². The fraction of sp³-hybridized carbons (Fsp3) is 0.400. The van der Waals surface area contributed by atoms with Crippen molar-refractivity contribution in [2.75, 3.05) is 5.32 Å². The number of rotatable bonds is 5. The zero-order chi connectivity index (χ0) is 19.6. The van der Waals surface area contributed by atoms with Gasteiger partial charge >= 0.3 is 5.97 Å². The predicted molar refractivity (Wildman–Crippen MR) is 97.3 cm³/mol. The fourth-order valence-electron chi connectivity index (χ4n) is 3.40. The summed E-state index contributed by atoms with van der Waals surface area (Å²) in [4.78, 5) is 50.7. The van der Waals surface area contributed by atoms with Crippen LogP contribution >= 0.6 is 0 Å². The van der Waals surface area contributed by atoms with Crippen LogP contribution in [0.2, 0.25) is 0 Å². The number of esters is 1. The maximum absolute atomic E-state index is 12.5. The Hall–Kier alpha value is -2.96. The lowest BCUT2D eigenvalue weighted by Gasteiger charge is -2.23. The van der Waals surface area contributed by atoms with Gasteiger partial charge in [0.05, 0.1) is 11.8 Å². The Morgan fingerprint density at radius 3 is 2.15 bits per heavy atom. The summed E-state index contributed by atoms with van der Waals surface area (Å²) in [6.07, 6.45) is 3.72. The standard InChI is InChI=1S/C20H22N2O5/c1-12(22-18(24)15-10-6-7-11-16(15)19(22)25)20(26)27-13(2)17(23)21-14-8-4-3-5-9-14/h3-9,12-13,15-16H,10-11H2,1-2H3,(H,21,23)/t12-,13+,15-,16+/m0/s1. The van der Waals surface area contributed by atoms with Crippen molar-refractivity contribution in [1.29, 1.82) is 0 Å². The van der Waals surface area contributed by atoms with Gasteiger partial charge in [0.1, 0.15) is 6.04 Å². The van der Waals surface area contributed by atoms with E-state index in [1.54, 1.807) is 24.3 Å². The normalized spacial score (nSPS) is 23.6. The van der Waals surface area contributed by atoms with Crippen molar-refractivity contribution in [2.24, 2.45) is 11.8 Å². The molecule has 2 aliphatic rings. The van der Waals surface area contributed by atoms with Crippen LogP contribution in [-0.2, 0) is 23.9 Å². The van der Waals surface area contributed by atoms with Gasteiger partial charge < -0.3 is 10.1 Å². The predicted octanol–water partition coefficient (Wildman–Crippen LogP) is 1.90. The first-order valence-electron chi connectivity index (χ1n) is 8.98. The summed E-state index contributed by atoms with van der Waals surface area (Å²) in [5.74, 6) is -2.77.